The Labute approximate surface area is 209 Å². The molecule has 0 saturated carbocycles. The Balaban J connectivity index is 1.57. The lowest BCUT2D eigenvalue weighted by molar-refractivity contribution is 0.0341. The van der Waals surface area contributed by atoms with Gasteiger partial charge in [0.25, 0.3) is 0 Å². The van der Waals surface area contributed by atoms with Gasteiger partial charge in [0.15, 0.2) is 5.75 Å². The number of nitrogens with one attached hydrogen (secondary N) is 1. The molecule has 3 amide bonds. The lowest BCUT2D eigenvalue weighted by Gasteiger charge is -2.27. The second-order valence-electron chi connectivity index (χ2n) is 8.68. The van der Waals surface area contributed by atoms with Gasteiger partial charge >= 0.3 is 12.1 Å². The number of rotatable bonds is 9. The summed E-state index contributed by atoms with van der Waals surface area (Å²) < 4.78 is 16.9. The first-order valence-electron chi connectivity index (χ1n) is 11.9. The molecule has 10 nitrogen and oxygen atoms in total. The molecule has 0 bridgehead atoms. The Hall–Kier alpha value is -2.86. The molecule has 2 aliphatic rings. The van der Waals surface area contributed by atoms with Gasteiger partial charge in [-0.2, -0.15) is 0 Å². The van der Waals surface area contributed by atoms with Crippen LogP contribution in [0.1, 0.15) is 24.8 Å². The fraction of sp³-hybridized carbons (Fsp3) is 0.500. The number of anilines is 1. The minimum Gasteiger partial charge on any atom is -0.492 e. The maximum atomic E-state index is 11.4. The number of hydrogen-bond donors (Lipinski definition) is 3. The smallest absolute Gasteiger partial charge is 0.410 e. The molecule has 0 spiro atoms. The van der Waals surface area contributed by atoms with Crippen LogP contribution in [0.3, 0.4) is 0 Å². The van der Waals surface area contributed by atoms with E-state index in [1.807, 2.05) is 6.07 Å². The fourth-order valence-corrected chi connectivity index (χ4v) is 5.38. The lowest BCUT2D eigenvalue weighted by Crippen LogP contribution is -2.35. The maximum Gasteiger partial charge on any atom is 0.410 e. The van der Waals surface area contributed by atoms with Gasteiger partial charge in [0.2, 0.25) is 0 Å². The van der Waals surface area contributed by atoms with Crippen LogP contribution in [-0.4, -0.2) is 74.5 Å². The first kappa shape index (κ1) is 25.2. The Morgan fingerprint density at radius 1 is 1.00 bits per heavy atom. The molecular formula is C24H33N5O5S. The normalized spacial score (nSPS) is 17.1. The number of likely N-dealkylation sites (tertiary alicyclic amines) is 1. The van der Waals surface area contributed by atoms with E-state index in [-0.39, 0.29) is 5.75 Å². The van der Waals surface area contributed by atoms with Crippen LogP contribution in [-0.2, 0) is 11.3 Å². The summed E-state index contributed by atoms with van der Waals surface area (Å²) in [5.74, 6) is 0.887. The van der Waals surface area contributed by atoms with E-state index < -0.39 is 12.1 Å². The summed E-state index contributed by atoms with van der Waals surface area (Å²) in [6.07, 6.45) is 2.78. The van der Waals surface area contributed by atoms with E-state index in [9.17, 15) is 9.59 Å². The first-order chi connectivity index (χ1) is 17.0. The molecule has 0 aliphatic carbocycles. The van der Waals surface area contributed by atoms with E-state index in [2.05, 4.69) is 27.2 Å². The molecule has 1 aromatic heterocycles. The van der Waals surface area contributed by atoms with Gasteiger partial charge in [-0.3, -0.25) is 15.1 Å². The van der Waals surface area contributed by atoms with Crippen molar-refractivity contribution in [3.05, 3.63) is 29.8 Å². The number of primary amides is 2. The number of piperidine rings is 1. The van der Waals surface area contributed by atoms with E-state index in [0.29, 0.717) is 11.6 Å². The van der Waals surface area contributed by atoms with Crippen LogP contribution >= 0.6 is 11.3 Å². The fourth-order valence-electron chi connectivity index (χ4n) is 4.36. The zero-order valence-electron chi connectivity index (χ0n) is 19.8. The number of ether oxygens (including phenoxy) is 3. The maximum absolute atomic E-state index is 11.4. The van der Waals surface area contributed by atoms with Crippen molar-refractivity contribution in [2.75, 3.05) is 57.9 Å². The summed E-state index contributed by atoms with van der Waals surface area (Å²) in [6, 6.07) is 7.04. The first-order valence-corrected chi connectivity index (χ1v) is 12.8. The Bertz CT molecular complexity index is 984. The van der Waals surface area contributed by atoms with Gasteiger partial charge in [0, 0.05) is 42.7 Å². The third-order valence-electron chi connectivity index (χ3n) is 6.08. The van der Waals surface area contributed by atoms with Gasteiger partial charge in [0.05, 0.1) is 13.2 Å². The topological polar surface area (TPSA) is 132 Å². The highest BCUT2D eigenvalue weighted by atomic mass is 32.1. The molecular weight excluding hydrogens is 470 g/mol. The van der Waals surface area contributed by atoms with Crippen molar-refractivity contribution >= 4 is 28.5 Å². The van der Waals surface area contributed by atoms with Crippen LogP contribution in [0.25, 0.3) is 10.4 Å². The molecule has 35 heavy (non-hydrogen) atoms. The van der Waals surface area contributed by atoms with Gasteiger partial charge in [-0.25, -0.2) is 9.59 Å². The van der Waals surface area contributed by atoms with Crippen LogP contribution in [0.5, 0.6) is 11.5 Å². The number of hydrogen-bond acceptors (Lipinski definition) is 8. The minimum absolute atomic E-state index is 0.146. The number of benzene rings is 1. The predicted molar refractivity (Wildman–Crippen MR) is 135 cm³/mol. The zero-order chi connectivity index (χ0) is 24.6. The quantitative estimate of drug-likeness (QED) is 0.479. The Morgan fingerprint density at radius 2 is 1.77 bits per heavy atom. The molecule has 1 aromatic carbocycles. The van der Waals surface area contributed by atoms with Crippen molar-refractivity contribution in [3.63, 3.8) is 0 Å². The molecule has 11 heteroatoms. The highest BCUT2D eigenvalue weighted by molar-refractivity contribution is 7.20. The molecule has 3 heterocycles. The van der Waals surface area contributed by atoms with Crippen molar-refractivity contribution < 1.29 is 23.8 Å². The van der Waals surface area contributed by atoms with Crippen molar-refractivity contribution in [3.8, 4) is 21.9 Å². The molecule has 0 radical (unpaired) electrons. The molecule has 2 fully saturated rings. The molecule has 2 saturated heterocycles. The summed E-state index contributed by atoms with van der Waals surface area (Å²) in [5, 5.41) is 2.81. The lowest BCUT2D eigenvalue weighted by atomic mass is 10.1. The number of urea groups is 1. The molecule has 190 valence electrons. The van der Waals surface area contributed by atoms with E-state index >= 15 is 0 Å². The van der Waals surface area contributed by atoms with Gasteiger partial charge in [0.1, 0.15) is 17.4 Å². The van der Waals surface area contributed by atoms with Gasteiger partial charge in [-0.15, -0.1) is 11.3 Å². The molecule has 0 unspecified atom stereocenters. The minimum atomic E-state index is -0.972. The summed E-state index contributed by atoms with van der Waals surface area (Å²) >= 11 is 1.24. The second-order valence-corrected chi connectivity index (χ2v) is 9.74. The largest absolute Gasteiger partial charge is 0.492 e. The van der Waals surface area contributed by atoms with Crippen molar-refractivity contribution in [2.45, 2.75) is 25.8 Å². The van der Waals surface area contributed by atoms with E-state index in [1.165, 1.54) is 30.6 Å². The number of carbonyl (C=O) groups excluding carboxylic acids is 2. The van der Waals surface area contributed by atoms with Crippen LogP contribution < -0.4 is 26.3 Å². The van der Waals surface area contributed by atoms with Crippen LogP contribution in [0.15, 0.2) is 24.3 Å². The number of nitrogens with two attached hydrogens (primary N) is 2. The van der Waals surface area contributed by atoms with Gasteiger partial charge < -0.3 is 25.7 Å². The number of morpholine rings is 1. The number of nitrogens with zero attached hydrogens (tertiary/aromatic N) is 2. The SMILES string of the molecule is NC(=O)Nc1sc(-c2ccc(CN3CCOCC3)cc2OCCN2CCCCC2)cc1OC(N)=O. The van der Waals surface area contributed by atoms with Gasteiger partial charge in [-0.05, 0) is 43.6 Å². The number of amides is 3. The molecule has 2 aromatic rings. The standard InChI is InChI=1S/C24H33N5O5S/c25-23(30)27-22-20(34-24(26)31)15-21(35-22)18-5-4-17(16-29-8-11-32-12-9-29)14-19(18)33-13-10-28-6-2-1-3-7-28/h4-5,14-15H,1-3,6-13,16H2,(H2,26,31)(H3,25,27,30). The van der Waals surface area contributed by atoms with E-state index in [1.54, 1.807) is 6.07 Å². The highest BCUT2D eigenvalue weighted by Crippen LogP contribution is 2.44. The third-order valence-corrected chi connectivity index (χ3v) is 7.15. The van der Waals surface area contributed by atoms with E-state index in [4.69, 9.17) is 25.7 Å². The summed E-state index contributed by atoms with van der Waals surface area (Å²) in [6.45, 7) is 7.72. The molecule has 4 rings (SSSR count). The van der Waals surface area contributed by atoms with Gasteiger partial charge in [-0.1, -0.05) is 12.5 Å². The Kier molecular flexibility index (Phi) is 8.80. The average Bonchev–Trinajstić information content (AvgIpc) is 3.21. The van der Waals surface area contributed by atoms with E-state index in [0.717, 1.165) is 74.2 Å². The highest BCUT2D eigenvalue weighted by Gasteiger charge is 2.19. The average molecular weight is 504 g/mol. The van der Waals surface area contributed by atoms with Crippen molar-refractivity contribution in [2.24, 2.45) is 11.5 Å². The molecule has 0 atom stereocenters. The number of thiophene rings is 1. The summed E-state index contributed by atoms with van der Waals surface area (Å²) in [5.41, 5.74) is 12.5. The monoisotopic (exact) mass is 503 g/mol. The molecule has 5 N–H and O–H groups in total. The predicted octanol–water partition coefficient (Wildman–Crippen LogP) is 3.06. The zero-order valence-corrected chi connectivity index (χ0v) is 20.6. The number of carbonyl (C=O) groups is 2. The van der Waals surface area contributed by atoms with Crippen LogP contribution in [0.2, 0.25) is 0 Å². The Morgan fingerprint density at radius 3 is 2.49 bits per heavy atom. The summed E-state index contributed by atoms with van der Waals surface area (Å²) in [4.78, 5) is 28.4. The summed E-state index contributed by atoms with van der Waals surface area (Å²) in [7, 11) is 0. The van der Waals surface area contributed by atoms with Crippen LogP contribution in [0.4, 0.5) is 14.6 Å². The van der Waals surface area contributed by atoms with Crippen molar-refractivity contribution in [1.29, 1.82) is 0 Å². The third kappa shape index (κ3) is 7.31. The van der Waals surface area contributed by atoms with Crippen molar-refractivity contribution in [1.82, 2.24) is 9.80 Å². The second kappa shape index (κ2) is 12.2. The molecule has 2 aliphatic heterocycles. The van der Waals surface area contributed by atoms with Crippen LogP contribution in [0, 0.1) is 0 Å².